The van der Waals surface area contributed by atoms with Crippen LogP contribution in [0.25, 0.3) is 0 Å². The first-order valence-corrected chi connectivity index (χ1v) is 7.80. The molecule has 2 fully saturated rings. The first-order chi connectivity index (χ1) is 9.17. The van der Waals surface area contributed by atoms with E-state index in [1.165, 1.54) is 51.0 Å². The van der Waals surface area contributed by atoms with Gasteiger partial charge in [0.1, 0.15) is 0 Å². The Bertz CT molecular complexity index is 455. The summed E-state index contributed by atoms with van der Waals surface area (Å²) in [6.07, 6.45) is 3.99. The summed E-state index contributed by atoms with van der Waals surface area (Å²) < 4.78 is 0. The summed E-state index contributed by atoms with van der Waals surface area (Å²) in [6, 6.07) is 5.98. The van der Waals surface area contributed by atoms with Crippen LogP contribution in [0.4, 0.5) is 0 Å². The zero-order valence-electron chi connectivity index (χ0n) is 11.1. The molecule has 0 aliphatic carbocycles. The molecule has 1 N–H and O–H groups in total. The van der Waals surface area contributed by atoms with Crippen molar-refractivity contribution in [3.8, 4) is 0 Å². The van der Waals surface area contributed by atoms with E-state index < -0.39 is 0 Å². The van der Waals surface area contributed by atoms with Crippen LogP contribution in [0.5, 0.6) is 0 Å². The van der Waals surface area contributed by atoms with Crippen molar-refractivity contribution in [3.05, 3.63) is 33.8 Å². The highest BCUT2D eigenvalue weighted by Crippen LogP contribution is 2.39. The molecule has 104 valence electrons. The average Bonchev–Trinajstić information content (AvgIpc) is 2.78. The van der Waals surface area contributed by atoms with Gasteiger partial charge in [0.05, 0.1) is 10.0 Å². The van der Waals surface area contributed by atoms with E-state index >= 15 is 0 Å². The molecule has 0 atom stereocenters. The molecule has 2 heterocycles. The van der Waals surface area contributed by atoms with Crippen LogP contribution >= 0.6 is 23.2 Å². The maximum absolute atomic E-state index is 6.08. The van der Waals surface area contributed by atoms with Crippen LogP contribution in [0, 0.1) is 5.41 Å². The van der Waals surface area contributed by atoms with Gasteiger partial charge in [0.15, 0.2) is 0 Å². The zero-order valence-corrected chi connectivity index (χ0v) is 12.6. The Morgan fingerprint density at radius 1 is 1.11 bits per heavy atom. The van der Waals surface area contributed by atoms with Gasteiger partial charge in [-0.3, -0.25) is 4.90 Å². The van der Waals surface area contributed by atoms with Gasteiger partial charge < -0.3 is 5.32 Å². The summed E-state index contributed by atoms with van der Waals surface area (Å²) in [7, 11) is 0. The fourth-order valence-electron chi connectivity index (χ4n) is 3.42. The zero-order chi connectivity index (χ0) is 13.3. The minimum Gasteiger partial charge on any atom is -0.317 e. The molecular weight excluding hydrogens is 279 g/mol. The molecule has 4 heteroatoms. The highest BCUT2D eigenvalue weighted by Gasteiger charge is 2.38. The van der Waals surface area contributed by atoms with Crippen LogP contribution in [-0.4, -0.2) is 31.1 Å². The van der Waals surface area contributed by atoms with Crippen molar-refractivity contribution >= 4 is 23.2 Å². The maximum Gasteiger partial charge on any atom is 0.0595 e. The lowest BCUT2D eigenvalue weighted by atomic mass is 9.78. The second kappa shape index (κ2) is 5.61. The molecule has 1 aromatic carbocycles. The maximum atomic E-state index is 6.08. The lowest BCUT2D eigenvalue weighted by Crippen LogP contribution is -2.38. The number of nitrogens with one attached hydrogen (secondary N) is 1. The van der Waals surface area contributed by atoms with E-state index in [0.29, 0.717) is 15.5 Å². The Kier molecular flexibility index (Phi) is 4.04. The Hall–Kier alpha value is -0.280. The van der Waals surface area contributed by atoms with Crippen molar-refractivity contribution in [2.75, 3.05) is 26.2 Å². The van der Waals surface area contributed by atoms with Crippen LogP contribution < -0.4 is 5.32 Å². The molecule has 2 saturated heterocycles. The standard InChI is InChI=1S/C15H20Cl2N2/c16-13-2-1-12(9-14(13)17)10-19-8-5-15(11-19)3-6-18-7-4-15/h1-2,9,18H,3-8,10-11H2. The third-order valence-electron chi connectivity index (χ3n) is 4.57. The fraction of sp³-hybridized carbons (Fsp3) is 0.600. The van der Waals surface area contributed by atoms with E-state index in [4.69, 9.17) is 23.2 Å². The van der Waals surface area contributed by atoms with Crippen molar-refractivity contribution < 1.29 is 0 Å². The van der Waals surface area contributed by atoms with Crippen molar-refractivity contribution in [2.45, 2.75) is 25.8 Å². The summed E-state index contributed by atoms with van der Waals surface area (Å²) >= 11 is 12.0. The summed E-state index contributed by atoms with van der Waals surface area (Å²) in [5.41, 5.74) is 1.84. The quantitative estimate of drug-likeness (QED) is 0.898. The van der Waals surface area contributed by atoms with Gasteiger partial charge in [-0.15, -0.1) is 0 Å². The van der Waals surface area contributed by atoms with Crippen molar-refractivity contribution in [3.63, 3.8) is 0 Å². The van der Waals surface area contributed by atoms with Crippen molar-refractivity contribution in [1.82, 2.24) is 10.2 Å². The van der Waals surface area contributed by atoms with Crippen LogP contribution in [0.3, 0.4) is 0 Å². The molecular formula is C15H20Cl2N2. The van der Waals surface area contributed by atoms with Gasteiger partial charge in [-0.25, -0.2) is 0 Å². The first kappa shape index (κ1) is 13.7. The van der Waals surface area contributed by atoms with E-state index in [1.54, 1.807) is 0 Å². The van der Waals surface area contributed by atoms with Gasteiger partial charge in [0.25, 0.3) is 0 Å². The van der Waals surface area contributed by atoms with E-state index in [2.05, 4.69) is 16.3 Å². The molecule has 1 spiro atoms. The first-order valence-electron chi connectivity index (χ1n) is 7.04. The van der Waals surface area contributed by atoms with Crippen LogP contribution in [0.15, 0.2) is 18.2 Å². The summed E-state index contributed by atoms with van der Waals surface area (Å²) in [4.78, 5) is 2.56. The number of hydrogen-bond acceptors (Lipinski definition) is 2. The van der Waals surface area contributed by atoms with Crippen molar-refractivity contribution in [1.29, 1.82) is 0 Å². The number of hydrogen-bond donors (Lipinski definition) is 1. The Balaban J connectivity index is 1.63. The molecule has 0 aromatic heterocycles. The molecule has 2 nitrogen and oxygen atoms in total. The molecule has 0 radical (unpaired) electrons. The Morgan fingerprint density at radius 3 is 2.63 bits per heavy atom. The second-order valence-electron chi connectivity index (χ2n) is 5.96. The largest absolute Gasteiger partial charge is 0.317 e. The molecule has 2 aliphatic rings. The molecule has 3 rings (SSSR count). The second-order valence-corrected chi connectivity index (χ2v) is 6.77. The molecule has 0 amide bonds. The minimum absolute atomic E-state index is 0.571. The summed E-state index contributed by atoms with van der Waals surface area (Å²) in [5, 5.41) is 4.77. The number of likely N-dealkylation sites (tertiary alicyclic amines) is 1. The van der Waals surface area contributed by atoms with E-state index in [9.17, 15) is 0 Å². The normalized spacial score (nSPS) is 23.1. The van der Waals surface area contributed by atoms with Gasteiger partial charge in [-0.2, -0.15) is 0 Å². The third-order valence-corrected chi connectivity index (χ3v) is 5.31. The lowest BCUT2D eigenvalue weighted by Gasteiger charge is -2.34. The Labute approximate surface area is 125 Å². The molecule has 1 aromatic rings. The van der Waals surface area contributed by atoms with Crippen molar-refractivity contribution in [2.24, 2.45) is 5.41 Å². The predicted octanol–water partition coefficient (Wildman–Crippen LogP) is 3.57. The van der Waals surface area contributed by atoms with E-state index in [-0.39, 0.29) is 0 Å². The number of rotatable bonds is 2. The van der Waals surface area contributed by atoms with Gasteiger partial charge in [0, 0.05) is 13.1 Å². The predicted molar refractivity (Wildman–Crippen MR) is 80.9 cm³/mol. The van der Waals surface area contributed by atoms with Gasteiger partial charge in [0.2, 0.25) is 0 Å². The smallest absolute Gasteiger partial charge is 0.0595 e. The number of piperidine rings is 1. The van der Waals surface area contributed by atoms with Gasteiger partial charge >= 0.3 is 0 Å². The minimum atomic E-state index is 0.571. The summed E-state index contributed by atoms with van der Waals surface area (Å²) in [5.74, 6) is 0. The highest BCUT2D eigenvalue weighted by atomic mass is 35.5. The monoisotopic (exact) mass is 298 g/mol. The molecule has 0 bridgehead atoms. The Morgan fingerprint density at radius 2 is 1.89 bits per heavy atom. The van der Waals surface area contributed by atoms with Crippen LogP contribution in [0.1, 0.15) is 24.8 Å². The fourth-order valence-corrected chi connectivity index (χ4v) is 3.74. The number of nitrogens with zero attached hydrogens (tertiary/aromatic N) is 1. The number of halogens is 2. The number of benzene rings is 1. The van der Waals surface area contributed by atoms with E-state index in [0.717, 1.165) is 6.54 Å². The van der Waals surface area contributed by atoms with Gasteiger partial charge in [-0.1, -0.05) is 29.3 Å². The average molecular weight is 299 g/mol. The lowest BCUT2D eigenvalue weighted by molar-refractivity contribution is 0.194. The van der Waals surface area contributed by atoms with E-state index in [1.807, 2.05) is 12.1 Å². The van der Waals surface area contributed by atoms with Crippen LogP contribution in [-0.2, 0) is 6.54 Å². The van der Waals surface area contributed by atoms with Crippen LogP contribution in [0.2, 0.25) is 10.0 Å². The molecule has 19 heavy (non-hydrogen) atoms. The highest BCUT2D eigenvalue weighted by molar-refractivity contribution is 6.42. The third kappa shape index (κ3) is 3.08. The topological polar surface area (TPSA) is 15.3 Å². The molecule has 2 aliphatic heterocycles. The summed E-state index contributed by atoms with van der Waals surface area (Å²) in [6.45, 7) is 5.79. The SMILES string of the molecule is Clc1ccc(CN2CCC3(CCNCC3)C2)cc1Cl. The molecule has 0 unspecified atom stereocenters. The van der Waals surface area contributed by atoms with Gasteiger partial charge in [-0.05, 0) is 62.0 Å². The molecule has 0 saturated carbocycles.